The first kappa shape index (κ1) is 24.7. The fraction of sp³-hybridized carbons (Fsp3) is 0.423. The van der Waals surface area contributed by atoms with Crippen LogP contribution in [-0.2, 0) is 19.1 Å². The molecule has 1 aliphatic carbocycles. The highest BCUT2D eigenvalue weighted by Crippen LogP contribution is 2.38. The van der Waals surface area contributed by atoms with Gasteiger partial charge in [-0.25, -0.2) is 9.69 Å². The minimum absolute atomic E-state index is 0.197. The number of hydrogen-bond acceptors (Lipinski definition) is 6. The molecule has 9 heteroatoms. The van der Waals surface area contributed by atoms with Crippen LogP contribution in [0.4, 0.5) is 16.2 Å². The van der Waals surface area contributed by atoms with Crippen molar-refractivity contribution in [2.45, 2.75) is 38.0 Å². The number of anilines is 2. The Bertz CT molecular complexity index is 1040. The molecule has 186 valence electrons. The molecule has 4 amide bonds. The number of benzene rings is 2. The van der Waals surface area contributed by atoms with Gasteiger partial charge in [0.05, 0.1) is 30.4 Å². The summed E-state index contributed by atoms with van der Waals surface area (Å²) in [5.74, 6) is -0.447. The van der Waals surface area contributed by atoms with Crippen LogP contribution in [0.2, 0.25) is 0 Å². The van der Waals surface area contributed by atoms with Crippen LogP contribution in [0.15, 0.2) is 54.6 Å². The lowest BCUT2D eigenvalue weighted by atomic mass is 9.78. The van der Waals surface area contributed by atoms with Crippen LogP contribution in [0, 0.1) is 5.92 Å². The summed E-state index contributed by atoms with van der Waals surface area (Å²) in [4.78, 5) is 42.8. The Balaban J connectivity index is 1.58. The topological polar surface area (TPSA) is 97.4 Å². The second-order valence-electron chi connectivity index (χ2n) is 8.62. The Morgan fingerprint density at radius 3 is 2.26 bits per heavy atom. The summed E-state index contributed by atoms with van der Waals surface area (Å²) in [6.07, 6.45) is 0.222. The molecule has 1 N–H and O–H groups in total. The number of rotatable bonds is 8. The zero-order chi connectivity index (χ0) is 24.9. The average molecular weight is 482 g/mol. The minimum atomic E-state index is -0.519. The normalized spacial score (nSPS) is 24.2. The SMILES string of the molecule is CCOc1ccc(NC(=O)CN2C(=O)N(c3ccccc3)C(=O)C3CC(OC)C(OC)CC32)cc1. The molecule has 1 saturated heterocycles. The summed E-state index contributed by atoms with van der Waals surface area (Å²) in [5, 5.41) is 2.84. The van der Waals surface area contributed by atoms with Gasteiger partial charge < -0.3 is 24.4 Å². The van der Waals surface area contributed by atoms with E-state index in [1.165, 1.54) is 9.80 Å². The maximum atomic E-state index is 13.6. The second kappa shape index (κ2) is 10.9. The zero-order valence-corrected chi connectivity index (χ0v) is 20.2. The Kier molecular flexibility index (Phi) is 7.67. The minimum Gasteiger partial charge on any atom is -0.494 e. The van der Waals surface area contributed by atoms with Crippen molar-refractivity contribution in [3.05, 3.63) is 54.6 Å². The van der Waals surface area contributed by atoms with Crippen molar-refractivity contribution < 1.29 is 28.6 Å². The molecule has 35 heavy (non-hydrogen) atoms. The number of carbonyl (C=O) groups excluding carboxylic acids is 3. The highest BCUT2D eigenvalue weighted by Gasteiger charge is 2.52. The lowest BCUT2D eigenvalue weighted by Crippen LogP contribution is -2.66. The molecule has 2 aliphatic rings. The number of hydrogen-bond donors (Lipinski definition) is 1. The molecule has 2 fully saturated rings. The molecule has 4 unspecified atom stereocenters. The summed E-state index contributed by atoms with van der Waals surface area (Å²) in [6.45, 7) is 2.25. The summed E-state index contributed by atoms with van der Waals surface area (Å²) >= 11 is 0. The Labute approximate surface area is 204 Å². The van der Waals surface area contributed by atoms with Crippen LogP contribution in [0.5, 0.6) is 5.75 Å². The van der Waals surface area contributed by atoms with Gasteiger partial charge in [-0.15, -0.1) is 0 Å². The third-order valence-electron chi connectivity index (χ3n) is 6.60. The van der Waals surface area contributed by atoms with Gasteiger partial charge in [0.1, 0.15) is 12.3 Å². The highest BCUT2D eigenvalue weighted by atomic mass is 16.5. The Morgan fingerprint density at radius 2 is 1.63 bits per heavy atom. The Morgan fingerprint density at radius 1 is 0.971 bits per heavy atom. The Hall–Kier alpha value is -3.43. The largest absolute Gasteiger partial charge is 0.494 e. The molecule has 2 aromatic carbocycles. The summed E-state index contributed by atoms with van der Waals surface area (Å²) in [7, 11) is 3.18. The van der Waals surface area contributed by atoms with E-state index in [9.17, 15) is 14.4 Å². The van der Waals surface area contributed by atoms with Crippen molar-refractivity contribution in [3.8, 4) is 5.75 Å². The van der Waals surface area contributed by atoms with Gasteiger partial charge in [0.25, 0.3) is 0 Å². The van der Waals surface area contributed by atoms with E-state index in [0.29, 0.717) is 36.6 Å². The molecular formula is C26H31N3O6. The number of fused-ring (bicyclic) bond motifs is 1. The van der Waals surface area contributed by atoms with E-state index in [1.807, 2.05) is 13.0 Å². The monoisotopic (exact) mass is 481 g/mol. The van der Waals surface area contributed by atoms with E-state index in [4.69, 9.17) is 14.2 Å². The maximum absolute atomic E-state index is 13.6. The van der Waals surface area contributed by atoms with E-state index in [-0.39, 0.29) is 30.6 Å². The number of imide groups is 1. The molecule has 0 radical (unpaired) electrons. The first-order valence-corrected chi connectivity index (χ1v) is 11.7. The number of nitrogens with zero attached hydrogens (tertiary/aromatic N) is 2. The molecule has 1 heterocycles. The lowest BCUT2D eigenvalue weighted by molar-refractivity contribution is -0.139. The number of amides is 4. The van der Waals surface area contributed by atoms with Crippen molar-refractivity contribution >= 4 is 29.2 Å². The zero-order valence-electron chi connectivity index (χ0n) is 20.2. The van der Waals surface area contributed by atoms with Gasteiger partial charge in [-0.3, -0.25) is 9.59 Å². The van der Waals surface area contributed by atoms with Crippen LogP contribution in [-0.4, -0.2) is 68.4 Å². The van der Waals surface area contributed by atoms with Gasteiger partial charge in [-0.05, 0) is 56.2 Å². The van der Waals surface area contributed by atoms with Gasteiger partial charge in [0.2, 0.25) is 11.8 Å². The standard InChI is InChI=1S/C26H31N3O6/c1-4-35-19-12-10-17(11-13-19)27-24(30)16-28-21-15-23(34-3)22(33-2)14-20(21)25(31)29(26(28)32)18-8-6-5-7-9-18/h5-13,20-23H,4,14-16H2,1-3H3,(H,27,30). The predicted octanol–water partition coefficient (Wildman–Crippen LogP) is 3.30. The van der Waals surface area contributed by atoms with Gasteiger partial charge >= 0.3 is 6.03 Å². The first-order chi connectivity index (χ1) is 17.0. The average Bonchev–Trinajstić information content (AvgIpc) is 2.88. The molecule has 4 rings (SSSR count). The van der Waals surface area contributed by atoms with E-state index in [1.54, 1.807) is 62.8 Å². The quantitative estimate of drug-likeness (QED) is 0.621. The fourth-order valence-corrected chi connectivity index (χ4v) is 4.91. The third kappa shape index (κ3) is 5.16. The van der Waals surface area contributed by atoms with E-state index in [2.05, 4.69) is 5.32 Å². The molecular weight excluding hydrogens is 450 g/mol. The van der Waals surface area contributed by atoms with E-state index >= 15 is 0 Å². The first-order valence-electron chi connectivity index (χ1n) is 11.7. The van der Waals surface area contributed by atoms with Gasteiger partial charge in [-0.2, -0.15) is 0 Å². The van der Waals surface area contributed by atoms with Crippen LogP contribution in [0.3, 0.4) is 0 Å². The predicted molar refractivity (Wildman–Crippen MR) is 130 cm³/mol. The summed E-state index contributed by atoms with van der Waals surface area (Å²) in [5.41, 5.74) is 1.06. The van der Waals surface area contributed by atoms with Crippen molar-refractivity contribution in [1.29, 1.82) is 0 Å². The molecule has 4 atom stereocenters. The van der Waals surface area contributed by atoms with Crippen LogP contribution in [0.1, 0.15) is 19.8 Å². The molecule has 1 saturated carbocycles. The third-order valence-corrected chi connectivity index (χ3v) is 6.60. The molecule has 0 aromatic heterocycles. The summed E-state index contributed by atoms with van der Waals surface area (Å²) in [6, 6.07) is 14.8. The van der Waals surface area contributed by atoms with Crippen molar-refractivity contribution in [1.82, 2.24) is 4.90 Å². The van der Waals surface area contributed by atoms with Crippen LogP contribution >= 0.6 is 0 Å². The second-order valence-corrected chi connectivity index (χ2v) is 8.62. The molecule has 0 spiro atoms. The van der Waals surface area contributed by atoms with E-state index < -0.39 is 18.0 Å². The lowest BCUT2D eigenvalue weighted by Gasteiger charge is -2.49. The fourth-order valence-electron chi connectivity index (χ4n) is 4.91. The number of para-hydroxylation sites is 1. The van der Waals surface area contributed by atoms with Crippen molar-refractivity contribution in [2.24, 2.45) is 5.92 Å². The van der Waals surface area contributed by atoms with Crippen LogP contribution < -0.4 is 15.0 Å². The highest BCUT2D eigenvalue weighted by molar-refractivity contribution is 6.17. The van der Waals surface area contributed by atoms with E-state index in [0.717, 1.165) is 0 Å². The smallest absolute Gasteiger partial charge is 0.332 e. The number of ether oxygens (including phenoxy) is 3. The number of urea groups is 1. The number of carbonyl (C=O) groups is 3. The molecule has 0 bridgehead atoms. The molecule has 2 aromatic rings. The molecule has 9 nitrogen and oxygen atoms in total. The molecule has 1 aliphatic heterocycles. The van der Waals surface area contributed by atoms with Gasteiger partial charge in [0.15, 0.2) is 0 Å². The van der Waals surface area contributed by atoms with Gasteiger partial charge in [-0.1, -0.05) is 18.2 Å². The summed E-state index contributed by atoms with van der Waals surface area (Å²) < 4.78 is 16.6. The van der Waals surface area contributed by atoms with Gasteiger partial charge in [0, 0.05) is 25.9 Å². The van der Waals surface area contributed by atoms with Crippen molar-refractivity contribution in [3.63, 3.8) is 0 Å². The number of methoxy groups -OCH3 is 2. The number of nitrogens with one attached hydrogen (secondary N) is 1. The van der Waals surface area contributed by atoms with Crippen molar-refractivity contribution in [2.75, 3.05) is 37.6 Å². The van der Waals surface area contributed by atoms with Crippen LogP contribution in [0.25, 0.3) is 0 Å². The maximum Gasteiger partial charge on any atom is 0.332 e.